The van der Waals surface area contributed by atoms with Crippen molar-refractivity contribution >= 4 is 47.7 Å². The number of rotatable bonds is 3. The summed E-state index contributed by atoms with van der Waals surface area (Å²) in [7, 11) is 10.7. The Morgan fingerprint density at radius 1 is 0.733 bits per heavy atom. The molecule has 0 fully saturated rings. The Kier molecular flexibility index (Phi) is 12.0. The minimum absolute atomic E-state index is 0.0918. The number of hydrogen-bond donors (Lipinski definition) is 0. The standard InChI is InChI=1S/C29H39.C12H7Si.2ClH.Zr/c1-18(2)21-13-22(19(3)4)15-23(14-21)27-25-17-24(28(5,6)7)16-20(25)11-12-26(27)29(8,9)10;1-3-7-11-9(5-1)10-6-2-4-8-12(10)13-11;;;/h11-19H,1-10H3;1-7H;2*1H;/q2*-1;;;+4/p-2. The van der Waals surface area contributed by atoms with Gasteiger partial charge in [-0.2, -0.15) is 35.5 Å². The molecule has 0 aliphatic carbocycles. The number of hydrogen-bond acceptors (Lipinski definition) is 0. The van der Waals surface area contributed by atoms with E-state index in [2.05, 4.69) is 154 Å². The van der Waals surface area contributed by atoms with Crippen molar-refractivity contribution < 1.29 is 20.8 Å². The molecular weight excluding hydrogens is 683 g/mol. The van der Waals surface area contributed by atoms with Crippen molar-refractivity contribution in [3.05, 3.63) is 113 Å². The van der Waals surface area contributed by atoms with E-state index in [1.165, 1.54) is 65.7 Å². The SMILES string of the molecule is CC(C)c1cc(-c2c(C(C)(C)C)ccc3[cH-]c(C(C)(C)C)cc23)cc(C(C)C)c1.[Cl][Zr+2][Cl].[c-]1cccc2c1[Si]c1ccccc1-2. The Balaban J connectivity index is 0.000000236. The van der Waals surface area contributed by atoms with Crippen molar-refractivity contribution in [2.75, 3.05) is 0 Å². The molecule has 0 saturated heterocycles. The molecule has 0 bridgehead atoms. The minimum Gasteiger partial charge on any atom is -0.184 e. The van der Waals surface area contributed by atoms with Crippen LogP contribution < -0.4 is 10.4 Å². The third-order valence-corrected chi connectivity index (χ3v) is 9.87. The van der Waals surface area contributed by atoms with Crippen LogP contribution in [0.15, 0.2) is 84.9 Å². The van der Waals surface area contributed by atoms with E-state index in [0.717, 1.165) is 9.52 Å². The van der Waals surface area contributed by atoms with Gasteiger partial charge in [-0.25, -0.2) is 0 Å². The quantitative estimate of drug-likeness (QED) is 0.126. The fourth-order valence-corrected chi connectivity index (χ4v) is 7.17. The third-order valence-electron chi connectivity index (χ3n) is 8.50. The topological polar surface area (TPSA) is 0 Å². The zero-order valence-electron chi connectivity index (χ0n) is 28.5. The van der Waals surface area contributed by atoms with Gasteiger partial charge in [0.15, 0.2) is 0 Å². The molecule has 5 aromatic carbocycles. The van der Waals surface area contributed by atoms with Crippen LogP contribution in [-0.2, 0) is 31.7 Å². The molecule has 0 aromatic heterocycles. The molecule has 0 atom stereocenters. The first-order chi connectivity index (χ1) is 21.1. The molecule has 45 heavy (non-hydrogen) atoms. The summed E-state index contributed by atoms with van der Waals surface area (Å²) >= 11 is -0.826. The summed E-state index contributed by atoms with van der Waals surface area (Å²) in [6, 6.07) is 35.0. The molecule has 1 heterocycles. The summed E-state index contributed by atoms with van der Waals surface area (Å²) in [5.74, 6) is 1.05. The molecule has 5 aromatic rings. The molecule has 0 amide bonds. The second-order valence-corrected chi connectivity index (χ2v) is 19.7. The van der Waals surface area contributed by atoms with Crippen molar-refractivity contribution in [3.63, 3.8) is 0 Å². The summed E-state index contributed by atoms with van der Waals surface area (Å²) < 4.78 is 0. The maximum atomic E-state index is 4.93. The van der Waals surface area contributed by atoms with E-state index in [4.69, 9.17) is 17.0 Å². The van der Waals surface area contributed by atoms with Crippen LogP contribution in [0.3, 0.4) is 0 Å². The number of fused-ring (bicyclic) bond motifs is 4. The van der Waals surface area contributed by atoms with Crippen LogP contribution in [0, 0.1) is 6.07 Å². The number of benzene rings is 4. The van der Waals surface area contributed by atoms with Gasteiger partial charge < -0.3 is 0 Å². The van der Waals surface area contributed by atoms with Crippen LogP contribution in [0.25, 0.3) is 33.0 Å². The fraction of sp³-hybridized carbons (Fsp3) is 0.341. The van der Waals surface area contributed by atoms with Crippen LogP contribution in [0.2, 0.25) is 0 Å². The number of halogens is 2. The molecule has 0 nitrogen and oxygen atoms in total. The average molecular weight is 729 g/mol. The van der Waals surface area contributed by atoms with E-state index in [9.17, 15) is 0 Å². The predicted octanol–water partition coefficient (Wildman–Crippen LogP) is 11.6. The maximum Gasteiger partial charge on any atom is 0.0920 e. The van der Waals surface area contributed by atoms with Crippen LogP contribution in [-0.4, -0.2) is 9.52 Å². The molecule has 0 saturated carbocycles. The largest absolute Gasteiger partial charge is 0.184 e. The van der Waals surface area contributed by atoms with Gasteiger partial charge in [-0.15, -0.1) is 40.1 Å². The molecule has 0 unspecified atom stereocenters. The van der Waals surface area contributed by atoms with Gasteiger partial charge in [0.1, 0.15) is 0 Å². The van der Waals surface area contributed by atoms with Crippen molar-refractivity contribution in [1.29, 1.82) is 0 Å². The van der Waals surface area contributed by atoms with Gasteiger partial charge in [0.2, 0.25) is 0 Å². The van der Waals surface area contributed by atoms with E-state index in [1.807, 2.05) is 6.07 Å². The van der Waals surface area contributed by atoms with Crippen molar-refractivity contribution in [3.8, 4) is 22.3 Å². The van der Waals surface area contributed by atoms with Gasteiger partial charge in [-0.1, -0.05) is 134 Å². The van der Waals surface area contributed by atoms with Gasteiger partial charge in [0.25, 0.3) is 0 Å². The fourth-order valence-electron chi connectivity index (χ4n) is 5.86. The zero-order valence-corrected chi connectivity index (χ0v) is 33.5. The summed E-state index contributed by atoms with van der Waals surface area (Å²) in [5.41, 5.74) is 11.5. The summed E-state index contributed by atoms with van der Waals surface area (Å²) in [6.45, 7) is 23.1. The van der Waals surface area contributed by atoms with Gasteiger partial charge in [0, 0.05) is 0 Å². The van der Waals surface area contributed by atoms with Crippen molar-refractivity contribution in [2.45, 2.75) is 91.9 Å². The van der Waals surface area contributed by atoms with Gasteiger partial charge in [0.05, 0.1) is 9.52 Å². The van der Waals surface area contributed by atoms with E-state index >= 15 is 0 Å². The summed E-state index contributed by atoms with van der Waals surface area (Å²) in [5, 5.41) is 5.58. The van der Waals surface area contributed by atoms with Gasteiger partial charge >= 0.3 is 37.9 Å². The van der Waals surface area contributed by atoms with Crippen LogP contribution in [0.4, 0.5) is 0 Å². The Labute approximate surface area is 293 Å². The predicted molar refractivity (Wildman–Crippen MR) is 198 cm³/mol. The summed E-state index contributed by atoms with van der Waals surface area (Å²) in [6.07, 6.45) is 0. The summed E-state index contributed by atoms with van der Waals surface area (Å²) in [4.78, 5) is 0. The van der Waals surface area contributed by atoms with E-state index in [-0.39, 0.29) is 10.8 Å². The van der Waals surface area contributed by atoms with E-state index in [1.54, 1.807) is 0 Å². The van der Waals surface area contributed by atoms with Crippen LogP contribution in [0.5, 0.6) is 0 Å². The first kappa shape index (κ1) is 36.0. The second-order valence-electron chi connectivity index (χ2n) is 14.6. The minimum atomic E-state index is -0.826. The Hall–Kier alpha value is -1.83. The second kappa shape index (κ2) is 14.9. The first-order valence-corrected chi connectivity index (χ1v) is 23.2. The zero-order chi connectivity index (χ0) is 33.1. The van der Waals surface area contributed by atoms with Gasteiger partial charge in [-0.05, 0) is 39.4 Å². The van der Waals surface area contributed by atoms with E-state index < -0.39 is 20.8 Å². The normalized spacial score (nSPS) is 12.2. The van der Waals surface area contributed by atoms with Crippen molar-refractivity contribution in [1.82, 2.24) is 0 Å². The van der Waals surface area contributed by atoms with Gasteiger partial charge in [-0.3, -0.25) is 0 Å². The molecular formula is C41H46Cl2SiZr. The monoisotopic (exact) mass is 726 g/mol. The molecule has 2 radical (unpaired) electrons. The molecule has 232 valence electrons. The Morgan fingerprint density at radius 3 is 1.91 bits per heavy atom. The first-order valence-electron chi connectivity index (χ1n) is 15.9. The average Bonchev–Trinajstić information content (AvgIpc) is 3.59. The molecule has 1 aliphatic rings. The van der Waals surface area contributed by atoms with Crippen LogP contribution >= 0.6 is 17.0 Å². The maximum absolute atomic E-state index is 4.93. The van der Waals surface area contributed by atoms with Crippen LogP contribution in [0.1, 0.15) is 103 Å². The molecule has 0 spiro atoms. The molecule has 0 N–H and O–H groups in total. The van der Waals surface area contributed by atoms with Crippen molar-refractivity contribution in [2.24, 2.45) is 0 Å². The third kappa shape index (κ3) is 8.56. The Bertz CT molecular complexity index is 1680. The Morgan fingerprint density at radius 2 is 1.33 bits per heavy atom. The molecule has 4 heteroatoms. The van der Waals surface area contributed by atoms with E-state index in [0.29, 0.717) is 11.8 Å². The smallest absolute Gasteiger partial charge is 0.0920 e. The molecule has 6 rings (SSSR count). The molecule has 1 aliphatic heterocycles.